The normalized spacial score (nSPS) is 10.3. The summed E-state index contributed by atoms with van der Waals surface area (Å²) < 4.78 is 19.2. The van der Waals surface area contributed by atoms with Crippen LogP contribution in [0.1, 0.15) is 15.9 Å². The first-order valence-corrected chi connectivity index (χ1v) is 6.24. The second-order valence-electron chi connectivity index (χ2n) is 3.93. The number of aryl methyl sites for hydroxylation is 1. The minimum absolute atomic E-state index is 0.0447. The van der Waals surface area contributed by atoms with Gasteiger partial charge in [0.15, 0.2) is 0 Å². The van der Waals surface area contributed by atoms with Gasteiger partial charge in [0.2, 0.25) is 0 Å². The van der Waals surface area contributed by atoms with Gasteiger partial charge in [0, 0.05) is 6.07 Å². The Labute approximate surface area is 117 Å². The molecule has 0 aliphatic rings. The lowest BCUT2D eigenvalue weighted by atomic mass is 10.1. The molecule has 0 aromatic heterocycles. The highest BCUT2D eigenvalue weighted by molar-refractivity contribution is 9.10. The first-order chi connectivity index (χ1) is 8.99. The number of hydrogen-bond donors (Lipinski definition) is 1. The van der Waals surface area contributed by atoms with E-state index in [0.29, 0.717) is 10.0 Å². The van der Waals surface area contributed by atoms with Crippen LogP contribution in [0.5, 0.6) is 11.5 Å². The minimum Gasteiger partial charge on any atom is -0.478 e. The van der Waals surface area contributed by atoms with Gasteiger partial charge in [-0.15, -0.1) is 0 Å². The molecule has 19 heavy (non-hydrogen) atoms. The zero-order valence-electron chi connectivity index (χ0n) is 9.98. The number of halogens is 2. The molecule has 0 atom stereocenters. The van der Waals surface area contributed by atoms with Gasteiger partial charge in [-0.1, -0.05) is 12.1 Å². The Kier molecular flexibility index (Phi) is 3.85. The van der Waals surface area contributed by atoms with Gasteiger partial charge >= 0.3 is 5.97 Å². The lowest BCUT2D eigenvalue weighted by Gasteiger charge is -2.11. The van der Waals surface area contributed by atoms with Gasteiger partial charge in [0.05, 0.1) is 4.47 Å². The van der Waals surface area contributed by atoms with E-state index in [1.54, 1.807) is 25.1 Å². The average molecular weight is 325 g/mol. The molecular weight excluding hydrogens is 315 g/mol. The van der Waals surface area contributed by atoms with E-state index in [2.05, 4.69) is 15.9 Å². The number of para-hydroxylation sites is 1. The Morgan fingerprint density at radius 2 is 2.05 bits per heavy atom. The zero-order chi connectivity index (χ0) is 14.0. The van der Waals surface area contributed by atoms with Gasteiger partial charge in [-0.05, 0) is 46.6 Å². The Bertz CT molecular complexity index is 641. The van der Waals surface area contributed by atoms with Crippen molar-refractivity contribution in [2.24, 2.45) is 0 Å². The largest absolute Gasteiger partial charge is 0.478 e. The summed E-state index contributed by atoms with van der Waals surface area (Å²) in [4.78, 5) is 11.1. The lowest BCUT2D eigenvalue weighted by Crippen LogP contribution is -2.01. The fraction of sp³-hybridized carbons (Fsp3) is 0.0714. The molecule has 0 amide bonds. The van der Waals surface area contributed by atoms with Crippen molar-refractivity contribution in [2.45, 2.75) is 6.92 Å². The number of rotatable bonds is 3. The highest BCUT2D eigenvalue weighted by Gasteiger charge is 2.14. The summed E-state index contributed by atoms with van der Waals surface area (Å²) in [5, 5.41) is 9.11. The summed E-state index contributed by atoms with van der Waals surface area (Å²) in [6, 6.07) is 9.07. The molecule has 0 heterocycles. The molecule has 0 fully saturated rings. The van der Waals surface area contributed by atoms with E-state index >= 15 is 0 Å². The molecule has 5 heteroatoms. The molecule has 0 saturated heterocycles. The van der Waals surface area contributed by atoms with Crippen LogP contribution in [0.2, 0.25) is 0 Å². The Morgan fingerprint density at radius 1 is 1.32 bits per heavy atom. The molecule has 0 saturated carbocycles. The van der Waals surface area contributed by atoms with Crippen LogP contribution in [-0.4, -0.2) is 11.1 Å². The van der Waals surface area contributed by atoms with E-state index in [4.69, 9.17) is 9.84 Å². The van der Waals surface area contributed by atoms with Gasteiger partial charge in [-0.2, -0.15) is 0 Å². The summed E-state index contributed by atoms with van der Waals surface area (Å²) in [5.74, 6) is -1.09. The number of carboxylic acid groups (broad SMARTS) is 1. The first kappa shape index (κ1) is 13.5. The van der Waals surface area contributed by atoms with Crippen LogP contribution in [0.4, 0.5) is 4.39 Å². The van der Waals surface area contributed by atoms with Crippen LogP contribution < -0.4 is 4.74 Å². The fourth-order valence-electron chi connectivity index (χ4n) is 1.61. The third-order valence-electron chi connectivity index (χ3n) is 2.55. The van der Waals surface area contributed by atoms with Crippen molar-refractivity contribution < 1.29 is 19.0 Å². The van der Waals surface area contributed by atoms with Gasteiger partial charge < -0.3 is 9.84 Å². The van der Waals surface area contributed by atoms with Gasteiger partial charge in [0.25, 0.3) is 0 Å². The second kappa shape index (κ2) is 5.40. The third kappa shape index (κ3) is 2.93. The molecule has 1 N–H and O–H groups in total. The van der Waals surface area contributed by atoms with E-state index in [1.807, 2.05) is 0 Å². The van der Waals surface area contributed by atoms with E-state index in [0.717, 1.165) is 0 Å². The van der Waals surface area contributed by atoms with Crippen LogP contribution in [0, 0.1) is 12.7 Å². The van der Waals surface area contributed by atoms with Crippen molar-refractivity contribution in [2.75, 3.05) is 0 Å². The molecule has 3 nitrogen and oxygen atoms in total. The zero-order valence-corrected chi connectivity index (χ0v) is 11.6. The van der Waals surface area contributed by atoms with Crippen molar-refractivity contribution in [3.8, 4) is 11.5 Å². The fourth-order valence-corrected chi connectivity index (χ4v) is 1.86. The van der Waals surface area contributed by atoms with E-state index < -0.39 is 11.8 Å². The molecule has 0 spiro atoms. The van der Waals surface area contributed by atoms with Gasteiger partial charge in [0.1, 0.15) is 22.9 Å². The number of benzene rings is 2. The average Bonchev–Trinajstić information content (AvgIpc) is 2.36. The molecule has 0 aliphatic carbocycles. The number of carboxylic acids is 1. The van der Waals surface area contributed by atoms with Crippen molar-refractivity contribution in [3.05, 3.63) is 57.8 Å². The number of aromatic carboxylic acids is 1. The smallest absolute Gasteiger partial charge is 0.339 e. The minimum atomic E-state index is -1.09. The molecule has 0 bridgehead atoms. The van der Waals surface area contributed by atoms with Crippen molar-refractivity contribution >= 4 is 21.9 Å². The van der Waals surface area contributed by atoms with Crippen LogP contribution in [-0.2, 0) is 0 Å². The summed E-state index contributed by atoms with van der Waals surface area (Å²) in [6.45, 7) is 1.73. The summed E-state index contributed by atoms with van der Waals surface area (Å²) >= 11 is 3.04. The van der Waals surface area contributed by atoms with Crippen LogP contribution in [0.15, 0.2) is 40.9 Å². The van der Waals surface area contributed by atoms with Crippen molar-refractivity contribution in [1.82, 2.24) is 0 Å². The van der Waals surface area contributed by atoms with E-state index in [9.17, 15) is 9.18 Å². The first-order valence-electron chi connectivity index (χ1n) is 5.45. The standard InChI is InChI=1S/C14H10BrFO3/c1-8-3-2-4-10(14(17)18)13(8)19-9-5-6-11(15)12(16)7-9/h2-7H,1H3,(H,17,18). The Balaban J connectivity index is 2.42. The lowest BCUT2D eigenvalue weighted by molar-refractivity contribution is 0.0694. The Morgan fingerprint density at radius 3 is 2.68 bits per heavy atom. The predicted octanol–water partition coefficient (Wildman–Crippen LogP) is 4.39. The second-order valence-corrected chi connectivity index (χ2v) is 4.79. The van der Waals surface area contributed by atoms with Gasteiger partial charge in [-0.3, -0.25) is 0 Å². The molecule has 2 aromatic rings. The molecular formula is C14H10BrFO3. The van der Waals surface area contributed by atoms with E-state index in [-0.39, 0.29) is 17.1 Å². The molecule has 2 rings (SSSR count). The monoisotopic (exact) mass is 324 g/mol. The van der Waals surface area contributed by atoms with Crippen molar-refractivity contribution in [3.63, 3.8) is 0 Å². The van der Waals surface area contributed by atoms with E-state index in [1.165, 1.54) is 18.2 Å². The molecule has 0 radical (unpaired) electrons. The van der Waals surface area contributed by atoms with Crippen molar-refractivity contribution in [1.29, 1.82) is 0 Å². The van der Waals surface area contributed by atoms with Crippen LogP contribution in [0.25, 0.3) is 0 Å². The SMILES string of the molecule is Cc1cccc(C(=O)O)c1Oc1ccc(Br)c(F)c1. The summed E-state index contributed by atoms with van der Waals surface area (Å²) in [5.41, 5.74) is 0.714. The van der Waals surface area contributed by atoms with Gasteiger partial charge in [-0.25, -0.2) is 9.18 Å². The molecule has 0 aliphatic heterocycles. The highest BCUT2D eigenvalue weighted by atomic mass is 79.9. The Hall–Kier alpha value is -1.88. The highest BCUT2D eigenvalue weighted by Crippen LogP contribution is 2.30. The predicted molar refractivity (Wildman–Crippen MR) is 72.3 cm³/mol. The maximum absolute atomic E-state index is 13.4. The van der Waals surface area contributed by atoms with Crippen LogP contribution >= 0.6 is 15.9 Å². The molecule has 0 unspecified atom stereocenters. The maximum Gasteiger partial charge on any atom is 0.339 e. The van der Waals surface area contributed by atoms with Crippen LogP contribution in [0.3, 0.4) is 0 Å². The third-order valence-corrected chi connectivity index (χ3v) is 3.20. The number of hydrogen-bond acceptors (Lipinski definition) is 2. The summed E-state index contributed by atoms with van der Waals surface area (Å²) in [7, 11) is 0. The quantitative estimate of drug-likeness (QED) is 0.910. The summed E-state index contributed by atoms with van der Waals surface area (Å²) in [6.07, 6.45) is 0. The maximum atomic E-state index is 13.4. The topological polar surface area (TPSA) is 46.5 Å². The molecule has 2 aromatic carbocycles. The molecule has 98 valence electrons. The number of ether oxygens (including phenoxy) is 1. The number of carbonyl (C=O) groups is 1.